The van der Waals surface area contributed by atoms with E-state index in [-0.39, 0.29) is 11.5 Å². The smallest absolute Gasteiger partial charge is 0.240 e. The van der Waals surface area contributed by atoms with Crippen molar-refractivity contribution in [3.63, 3.8) is 0 Å². The number of nitrogens with zero attached hydrogens (tertiary/aromatic N) is 1. The minimum Gasteiger partial charge on any atom is -0.354 e. The Morgan fingerprint density at radius 1 is 1.25 bits per heavy atom. The topological polar surface area (TPSA) is 90.9 Å². The van der Waals surface area contributed by atoms with Crippen LogP contribution in [0.1, 0.15) is 24.0 Å². The lowest BCUT2D eigenvalue weighted by atomic mass is 10.1. The van der Waals surface area contributed by atoms with E-state index in [1.165, 1.54) is 6.07 Å². The van der Waals surface area contributed by atoms with E-state index in [0.29, 0.717) is 12.2 Å². The molecule has 6 heteroatoms. The maximum Gasteiger partial charge on any atom is 0.240 e. The van der Waals surface area contributed by atoms with Crippen LogP contribution in [0.5, 0.6) is 0 Å². The van der Waals surface area contributed by atoms with Gasteiger partial charge in [-0.25, -0.2) is 4.39 Å². The van der Waals surface area contributed by atoms with Crippen molar-refractivity contribution in [2.24, 2.45) is 5.73 Å². The van der Waals surface area contributed by atoms with Crippen molar-refractivity contribution in [3.05, 3.63) is 59.4 Å². The second-order valence-corrected chi connectivity index (χ2v) is 5.93. The summed E-state index contributed by atoms with van der Waals surface area (Å²) in [5, 5.41) is 14.9. The molecular weight excluding hydrogens is 307 g/mol. The summed E-state index contributed by atoms with van der Waals surface area (Å²) in [5.41, 5.74) is 7.20. The van der Waals surface area contributed by atoms with Gasteiger partial charge in [0.1, 0.15) is 17.4 Å². The molecule has 0 saturated heterocycles. The third-order valence-electron chi connectivity index (χ3n) is 4.05. The molecule has 5 nitrogen and oxygen atoms in total. The van der Waals surface area contributed by atoms with Gasteiger partial charge in [0.25, 0.3) is 0 Å². The Kier molecular flexibility index (Phi) is 4.19. The molecule has 0 atom stereocenters. The first kappa shape index (κ1) is 16.0. The Morgan fingerprint density at radius 2 is 1.96 bits per heavy atom. The number of halogens is 1. The van der Waals surface area contributed by atoms with Gasteiger partial charge in [-0.1, -0.05) is 18.2 Å². The van der Waals surface area contributed by atoms with Crippen molar-refractivity contribution < 1.29 is 9.18 Å². The molecule has 2 aromatic carbocycles. The van der Waals surface area contributed by atoms with E-state index in [0.717, 1.165) is 24.1 Å². The molecule has 0 bridgehead atoms. The van der Waals surface area contributed by atoms with E-state index in [2.05, 4.69) is 10.6 Å². The zero-order chi connectivity index (χ0) is 17.2. The second kappa shape index (κ2) is 6.30. The van der Waals surface area contributed by atoms with Crippen LogP contribution in [-0.4, -0.2) is 11.4 Å². The van der Waals surface area contributed by atoms with Crippen LogP contribution in [-0.2, 0) is 11.3 Å². The van der Waals surface area contributed by atoms with Crippen LogP contribution in [0, 0.1) is 17.1 Å². The van der Waals surface area contributed by atoms with Gasteiger partial charge in [-0.2, -0.15) is 5.26 Å². The summed E-state index contributed by atoms with van der Waals surface area (Å²) in [4.78, 5) is 11.8. The summed E-state index contributed by atoms with van der Waals surface area (Å²) in [5.74, 6) is -0.680. The third-order valence-corrected chi connectivity index (χ3v) is 4.05. The van der Waals surface area contributed by atoms with Gasteiger partial charge in [-0.3, -0.25) is 4.79 Å². The van der Waals surface area contributed by atoms with Gasteiger partial charge in [0.15, 0.2) is 0 Å². The summed E-state index contributed by atoms with van der Waals surface area (Å²) >= 11 is 0. The van der Waals surface area contributed by atoms with Crippen molar-refractivity contribution in [2.45, 2.75) is 24.9 Å². The number of nitrogens with one attached hydrogen (secondary N) is 2. The van der Waals surface area contributed by atoms with E-state index in [4.69, 9.17) is 11.0 Å². The molecule has 24 heavy (non-hydrogen) atoms. The number of carbonyl (C=O) groups is 1. The first-order valence-electron chi connectivity index (χ1n) is 7.63. The number of anilines is 2. The predicted octanol–water partition coefficient (Wildman–Crippen LogP) is 2.55. The number of hydrogen-bond donors (Lipinski definition) is 3. The van der Waals surface area contributed by atoms with Crippen LogP contribution in [0.25, 0.3) is 0 Å². The highest BCUT2D eigenvalue weighted by atomic mass is 19.1. The SMILES string of the molecule is N#Cc1c(F)cccc1Nc1ccc(CNC(=O)C2(N)CC2)cc1. The molecule has 122 valence electrons. The molecule has 2 aromatic rings. The summed E-state index contributed by atoms with van der Waals surface area (Å²) < 4.78 is 13.6. The van der Waals surface area contributed by atoms with Crippen molar-refractivity contribution in [2.75, 3.05) is 5.32 Å². The Balaban J connectivity index is 1.64. The van der Waals surface area contributed by atoms with Crippen LogP contribution in [0.15, 0.2) is 42.5 Å². The molecular formula is C18H17FN4O. The molecule has 1 fully saturated rings. The van der Waals surface area contributed by atoms with E-state index < -0.39 is 11.4 Å². The fourth-order valence-electron chi connectivity index (χ4n) is 2.32. The molecule has 0 spiro atoms. The fraction of sp³-hybridized carbons (Fsp3) is 0.222. The van der Waals surface area contributed by atoms with Gasteiger partial charge in [-0.15, -0.1) is 0 Å². The molecule has 0 radical (unpaired) electrons. The van der Waals surface area contributed by atoms with Crippen molar-refractivity contribution in [1.82, 2.24) is 5.32 Å². The third kappa shape index (κ3) is 3.36. The molecule has 3 rings (SSSR count). The largest absolute Gasteiger partial charge is 0.354 e. The van der Waals surface area contributed by atoms with Gasteiger partial charge in [0.05, 0.1) is 11.2 Å². The number of amides is 1. The lowest BCUT2D eigenvalue weighted by Gasteiger charge is -2.11. The van der Waals surface area contributed by atoms with Crippen LogP contribution < -0.4 is 16.4 Å². The number of nitriles is 1. The van der Waals surface area contributed by atoms with E-state index in [1.807, 2.05) is 30.3 Å². The number of benzene rings is 2. The Labute approximate surface area is 139 Å². The van der Waals surface area contributed by atoms with Gasteiger partial charge in [0.2, 0.25) is 5.91 Å². The predicted molar refractivity (Wildman–Crippen MR) is 88.8 cm³/mol. The maximum atomic E-state index is 13.6. The second-order valence-electron chi connectivity index (χ2n) is 5.93. The molecule has 0 aromatic heterocycles. The number of rotatable bonds is 5. The lowest BCUT2D eigenvalue weighted by Crippen LogP contribution is -2.42. The summed E-state index contributed by atoms with van der Waals surface area (Å²) in [6, 6.07) is 13.6. The highest BCUT2D eigenvalue weighted by Gasteiger charge is 2.45. The normalized spacial score (nSPS) is 14.5. The Bertz CT molecular complexity index is 807. The maximum absolute atomic E-state index is 13.6. The Hall–Kier alpha value is -2.91. The van der Waals surface area contributed by atoms with Crippen LogP contribution >= 0.6 is 0 Å². The van der Waals surface area contributed by atoms with Crippen LogP contribution in [0.2, 0.25) is 0 Å². The zero-order valence-corrected chi connectivity index (χ0v) is 13.0. The standard InChI is InChI=1S/C18H17FN4O/c19-15-2-1-3-16(14(15)10-20)23-13-6-4-12(5-7-13)11-22-17(24)18(21)8-9-18/h1-7,23H,8-9,11,21H2,(H,22,24). The van der Waals surface area contributed by atoms with Crippen LogP contribution in [0.3, 0.4) is 0 Å². The summed E-state index contributed by atoms with van der Waals surface area (Å²) in [6.07, 6.45) is 1.47. The zero-order valence-electron chi connectivity index (χ0n) is 13.0. The lowest BCUT2D eigenvalue weighted by molar-refractivity contribution is -0.123. The van der Waals surface area contributed by atoms with Gasteiger partial charge in [-0.05, 0) is 42.7 Å². The van der Waals surface area contributed by atoms with Crippen molar-refractivity contribution in [1.29, 1.82) is 5.26 Å². The average molecular weight is 324 g/mol. The molecule has 0 aliphatic heterocycles. The molecule has 0 heterocycles. The minimum absolute atomic E-state index is 0.0217. The van der Waals surface area contributed by atoms with Gasteiger partial charge in [0, 0.05) is 12.2 Å². The number of nitrogens with two attached hydrogens (primary N) is 1. The highest BCUT2D eigenvalue weighted by molar-refractivity contribution is 5.88. The van der Waals surface area contributed by atoms with E-state index in [9.17, 15) is 9.18 Å². The average Bonchev–Trinajstić information content (AvgIpc) is 3.33. The fourth-order valence-corrected chi connectivity index (χ4v) is 2.32. The molecule has 1 aliphatic carbocycles. The molecule has 4 N–H and O–H groups in total. The van der Waals surface area contributed by atoms with E-state index >= 15 is 0 Å². The first-order valence-corrected chi connectivity index (χ1v) is 7.63. The minimum atomic E-state index is -0.674. The van der Waals surface area contributed by atoms with Crippen molar-refractivity contribution in [3.8, 4) is 6.07 Å². The summed E-state index contributed by atoms with van der Waals surface area (Å²) in [7, 11) is 0. The van der Waals surface area contributed by atoms with E-state index in [1.54, 1.807) is 12.1 Å². The first-order chi connectivity index (χ1) is 11.5. The van der Waals surface area contributed by atoms with Crippen molar-refractivity contribution >= 4 is 17.3 Å². The Morgan fingerprint density at radius 3 is 2.58 bits per heavy atom. The van der Waals surface area contributed by atoms with Crippen LogP contribution in [0.4, 0.5) is 15.8 Å². The van der Waals surface area contributed by atoms with Gasteiger partial charge < -0.3 is 16.4 Å². The molecule has 1 saturated carbocycles. The number of carbonyl (C=O) groups excluding carboxylic acids is 1. The monoisotopic (exact) mass is 324 g/mol. The molecule has 1 aliphatic rings. The summed E-state index contributed by atoms with van der Waals surface area (Å²) in [6.45, 7) is 0.404. The molecule has 0 unspecified atom stereocenters. The van der Waals surface area contributed by atoms with Gasteiger partial charge >= 0.3 is 0 Å². The highest BCUT2D eigenvalue weighted by Crippen LogP contribution is 2.32. The number of hydrogen-bond acceptors (Lipinski definition) is 4. The molecule has 1 amide bonds. The quantitative estimate of drug-likeness (QED) is 0.788.